The highest BCUT2D eigenvalue weighted by molar-refractivity contribution is 6.35. The number of carbonyl (C=O) groups excluding carboxylic acids is 1. The van der Waals surface area contributed by atoms with Gasteiger partial charge in [-0.25, -0.2) is 9.78 Å². The van der Waals surface area contributed by atoms with Gasteiger partial charge in [-0.2, -0.15) is 0 Å². The van der Waals surface area contributed by atoms with E-state index < -0.39 is 5.60 Å². The number of ether oxygens (including phenoxy) is 1. The van der Waals surface area contributed by atoms with Crippen molar-refractivity contribution < 1.29 is 9.53 Å². The molecule has 0 aliphatic carbocycles. The van der Waals surface area contributed by atoms with Gasteiger partial charge in [0.2, 0.25) is 5.95 Å². The summed E-state index contributed by atoms with van der Waals surface area (Å²) in [6, 6.07) is 13.7. The molecule has 1 amide bonds. The number of carbonyl (C=O) groups is 1. The second kappa shape index (κ2) is 8.83. The summed E-state index contributed by atoms with van der Waals surface area (Å²) in [6.45, 7) is 10.1. The monoisotopic (exact) mass is 474 g/mol. The number of hydrogen-bond donors (Lipinski definition) is 0. The van der Waals surface area contributed by atoms with Crippen LogP contribution >= 0.6 is 23.2 Å². The maximum absolute atomic E-state index is 12.6. The van der Waals surface area contributed by atoms with Gasteiger partial charge in [0.15, 0.2) is 0 Å². The van der Waals surface area contributed by atoms with Crippen LogP contribution in [-0.2, 0) is 11.3 Å². The van der Waals surface area contributed by atoms with E-state index in [2.05, 4.69) is 22.5 Å². The Labute approximate surface area is 198 Å². The van der Waals surface area contributed by atoms with Crippen LogP contribution in [0, 0.1) is 0 Å². The Kier molecular flexibility index (Phi) is 6.28. The highest BCUT2D eigenvalue weighted by atomic mass is 35.5. The molecule has 6 nitrogen and oxygen atoms in total. The SMILES string of the molecule is C[C@@H]1CN(C(=O)OC(C)(C)C)CCN1c1nc2ccccc2n1Cc1ccc(Cl)cc1Cl. The van der Waals surface area contributed by atoms with Crippen LogP contribution in [0.5, 0.6) is 0 Å². The van der Waals surface area contributed by atoms with Crippen molar-refractivity contribution in [1.29, 1.82) is 0 Å². The molecule has 0 spiro atoms. The van der Waals surface area contributed by atoms with Crippen LogP contribution < -0.4 is 4.90 Å². The van der Waals surface area contributed by atoms with E-state index in [0.717, 1.165) is 22.5 Å². The molecule has 8 heteroatoms. The molecule has 170 valence electrons. The third kappa shape index (κ3) is 4.81. The predicted molar refractivity (Wildman–Crippen MR) is 130 cm³/mol. The summed E-state index contributed by atoms with van der Waals surface area (Å²) in [5.41, 5.74) is 2.42. The molecule has 0 unspecified atom stereocenters. The smallest absolute Gasteiger partial charge is 0.410 e. The van der Waals surface area contributed by atoms with Gasteiger partial charge in [-0.15, -0.1) is 0 Å². The molecule has 1 atom stereocenters. The number of halogens is 2. The van der Waals surface area contributed by atoms with E-state index in [-0.39, 0.29) is 12.1 Å². The van der Waals surface area contributed by atoms with Gasteiger partial charge in [0.25, 0.3) is 0 Å². The number of hydrogen-bond acceptors (Lipinski definition) is 4. The van der Waals surface area contributed by atoms with E-state index in [1.807, 2.05) is 51.1 Å². The Morgan fingerprint density at radius 3 is 2.59 bits per heavy atom. The van der Waals surface area contributed by atoms with Crippen LogP contribution in [0.15, 0.2) is 42.5 Å². The summed E-state index contributed by atoms with van der Waals surface area (Å²) in [6.07, 6.45) is -0.273. The minimum absolute atomic E-state index is 0.0764. The third-order valence-corrected chi connectivity index (χ3v) is 6.10. The van der Waals surface area contributed by atoms with Crippen molar-refractivity contribution in [3.63, 3.8) is 0 Å². The normalized spacial score (nSPS) is 17.1. The topological polar surface area (TPSA) is 50.6 Å². The molecule has 0 bridgehead atoms. The lowest BCUT2D eigenvalue weighted by Crippen LogP contribution is -2.55. The first-order valence-electron chi connectivity index (χ1n) is 10.8. The van der Waals surface area contributed by atoms with Crippen molar-refractivity contribution >= 4 is 46.3 Å². The lowest BCUT2D eigenvalue weighted by molar-refractivity contribution is 0.0218. The molecule has 1 aliphatic heterocycles. The van der Waals surface area contributed by atoms with Crippen molar-refractivity contribution in [3.8, 4) is 0 Å². The fraction of sp³-hybridized carbons (Fsp3) is 0.417. The van der Waals surface area contributed by atoms with Crippen LogP contribution in [0.4, 0.5) is 10.7 Å². The molecule has 0 radical (unpaired) electrons. The Balaban J connectivity index is 1.63. The minimum Gasteiger partial charge on any atom is -0.444 e. The fourth-order valence-electron chi connectivity index (χ4n) is 4.01. The standard InChI is InChI=1S/C24H28Cl2N4O2/c1-16-14-28(23(31)32-24(2,3)4)11-12-29(16)22-27-20-7-5-6-8-21(20)30(22)15-17-9-10-18(25)13-19(17)26/h5-10,13,16H,11-12,14-15H2,1-4H3/t16-/m1/s1. The number of fused-ring (bicyclic) bond motifs is 1. The number of amides is 1. The summed E-state index contributed by atoms with van der Waals surface area (Å²) in [5.74, 6) is 0.869. The lowest BCUT2D eigenvalue weighted by atomic mass is 10.2. The van der Waals surface area contributed by atoms with Crippen LogP contribution in [0.25, 0.3) is 11.0 Å². The zero-order chi connectivity index (χ0) is 23.0. The Morgan fingerprint density at radius 2 is 1.91 bits per heavy atom. The van der Waals surface area contributed by atoms with E-state index in [9.17, 15) is 4.79 Å². The molecule has 1 saturated heterocycles. The molecule has 32 heavy (non-hydrogen) atoms. The van der Waals surface area contributed by atoms with Crippen molar-refractivity contribution in [2.75, 3.05) is 24.5 Å². The Morgan fingerprint density at radius 1 is 1.16 bits per heavy atom. The molecular formula is C24H28Cl2N4O2. The lowest BCUT2D eigenvalue weighted by Gasteiger charge is -2.40. The first-order chi connectivity index (χ1) is 15.1. The van der Waals surface area contributed by atoms with E-state index in [1.54, 1.807) is 11.0 Å². The van der Waals surface area contributed by atoms with Gasteiger partial charge in [-0.05, 0) is 57.5 Å². The first-order valence-corrected chi connectivity index (χ1v) is 11.5. The molecule has 1 fully saturated rings. The Bertz CT molecular complexity index is 1140. The number of nitrogens with zero attached hydrogens (tertiary/aromatic N) is 4. The van der Waals surface area contributed by atoms with Gasteiger partial charge in [0, 0.05) is 35.7 Å². The van der Waals surface area contributed by atoms with E-state index >= 15 is 0 Å². The van der Waals surface area contributed by atoms with Gasteiger partial charge < -0.3 is 19.1 Å². The molecule has 1 aliphatic rings. The largest absolute Gasteiger partial charge is 0.444 e. The molecule has 0 saturated carbocycles. The number of benzene rings is 2. The van der Waals surface area contributed by atoms with Gasteiger partial charge in [-0.3, -0.25) is 0 Å². The number of piperazine rings is 1. The number of aromatic nitrogens is 2. The average Bonchev–Trinajstić information content (AvgIpc) is 3.07. The fourth-order valence-corrected chi connectivity index (χ4v) is 4.47. The van der Waals surface area contributed by atoms with E-state index in [0.29, 0.717) is 36.2 Å². The maximum atomic E-state index is 12.6. The first kappa shape index (κ1) is 22.7. The van der Waals surface area contributed by atoms with Crippen LogP contribution in [-0.4, -0.2) is 51.8 Å². The summed E-state index contributed by atoms with van der Waals surface area (Å²) in [4.78, 5) is 21.5. The maximum Gasteiger partial charge on any atom is 0.410 e. The van der Waals surface area contributed by atoms with Gasteiger partial charge >= 0.3 is 6.09 Å². The summed E-state index contributed by atoms with van der Waals surface area (Å²) in [7, 11) is 0. The predicted octanol–water partition coefficient (Wildman–Crippen LogP) is 5.84. The third-order valence-electron chi connectivity index (χ3n) is 5.51. The quantitative estimate of drug-likeness (QED) is 0.478. The van der Waals surface area contributed by atoms with Gasteiger partial charge in [0.1, 0.15) is 5.60 Å². The number of imidazole rings is 1. The van der Waals surface area contributed by atoms with Crippen LogP contribution in [0.2, 0.25) is 10.0 Å². The average molecular weight is 475 g/mol. The van der Waals surface area contributed by atoms with E-state index in [4.69, 9.17) is 32.9 Å². The van der Waals surface area contributed by atoms with Gasteiger partial charge in [0.05, 0.1) is 17.6 Å². The number of rotatable bonds is 3. The second-order valence-corrected chi connectivity index (χ2v) is 10.0. The summed E-state index contributed by atoms with van der Waals surface area (Å²) in [5, 5.41) is 1.24. The Hall–Kier alpha value is -2.44. The van der Waals surface area contributed by atoms with Crippen molar-refractivity contribution in [3.05, 3.63) is 58.1 Å². The zero-order valence-corrected chi connectivity index (χ0v) is 20.3. The molecular weight excluding hydrogens is 447 g/mol. The molecule has 0 N–H and O–H groups in total. The van der Waals surface area contributed by atoms with Gasteiger partial charge in [-0.1, -0.05) is 41.4 Å². The molecule has 2 heterocycles. The second-order valence-electron chi connectivity index (χ2n) is 9.19. The zero-order valence-electron chi connectivity index (χ0n) is 18.8. The number of para-hydroxylation sites is 2. The van der Waals surface area contributed by atoms with Crippen molar-refractivity contribution in [1.82, 2.24) is 14.5 Å². The van der Waals surface area contributed by atoms with E-state index in [1.165, 1.54) is 0 Å². The van der Waals surface area contributed by atoms with Crippen molar-refractivity contribution in [2.24, 2.45) is 0 Å². The molecule has 4 rings (SSSR count). The highest BCUT2D eigenvalue weighted by Gasteiger charge is 2.32. The molecule has 3 aromatic rings. The minimum atomic E-state index is -0.511. The number of anilines is 1. The van der Waals surface area contributed by atoms with Crippen LogP contribution in [0.3, 0.4) is 0 Å². The summed E-state index contributed by atoms with van der Waals surface area (Å²) < 4.78 is 7.75. The molecule has 1 aromatic heterocycles. The van der Waals surface area contributed by atoms with Crippen molar-refractivity contribution in [2.45, 2.75) is 45.9 Å². The highest BCUT2D eigenvalue weighted by Crippen LogP contribution is 2.29. The van der Waals surface area contributed by atoms with Crippen LogP contribution in [0.1, 0.15) is 33.3 Å². The summed E-state index contributed by atoms with van der Waals surface area (Å²) >= 11 is 12.6. The molecule has 2 aromatic carbocycles.